The molecule has 1 aliphatic heterocycles. The van der Waals surface area contributed by atoms with Crippen molar-refractivity contribution in [2.24, 2.45) is 5.92 Å². The third kappa shape index (κ3) is 4.97. The van der Waals surface area contributed by atoms with Gasteiger partial charge in [-0.05, 0) is 49.6 Å². The predicted octanol–water partition coefficient (Wildman–Crippen LogP) is 3.72. The molecule has 0 atom stereocenters. The number of piperidine rings is 1. The van der Waals surface area contributed by atoms with Crippen LogP contribution in [0.3, 0.4) is 0 Å². The average molecular weight is 480 g/mol. The summed E-state index contributed by atoms with van der Waals surface area (Å²) in [5.41, 5.74) is 0.983. The zero-order chi connectivity index (χ0) is 22.7. The molecular formula is C22H23F2N3O3S2. The van der Waals surface area contributed by atoms with Gasteiger partial charge in [0, 0.05) is 32.0 Å². The normalized spacial score (nSPS) is 15.8. The number of aromatic nitrogens is 1. The number of amides is 1. The van der Waals surface area contributed by atoms with E-state index in [9.17, 15) is 22.0 Å². The molecule has 6 nitrogen and oxygen atoms in total. The highest BCUT2D eigenvalue weighted by Gasteiger charge is 2.33. The van der Waals surface area contributed by atoms with E-state index < -0.39 is 26.6 Å². The number of aryl methyl sites for hydroxylation is 1. The summed E-state index contributed by atoms with van der Waals surface area (Å²) in [5, 5.41) is 3.95. The lowest BCUT2D eigenvalue weighted by molar-refractivity contribution is -0.126. The van der Waals surface area contributed by atoms with Crippen LogP contribution in [0.4, 0.5) is 8.78 Å². The molecule has 1 amide bonds. The number of hydrogen-bond donors (Lipinski definition) is 1. The minimum Gasteiger partial charge on any atom is -0.356 e. The number of hydrogen-bond acceptors (Lipinski definition) is 5. The van der Waals surface area contributed by atoms with Crippen LogP contribution in [0, 0.1) is 17.6 Å². The molecule has 4 rings (SSSR count). The molecule has 10 heteroatoms. The molecule has 0 bridgehead atoms. The third-order valence-corrected chi connectivity index (χ3v) is 8.55. The second kappa shape index (κ2) is 9.60. The minimum atomic E-state index is -4.15. The third-order valence-electron chi connectivity index (χ3n) is 5.54. The fourth-order valence-electron chi connectivity index (χ4n) is 3.79. The van der Waals surface area contributed by atoms with E-state index in [1.54, 1.807) is 11.3 Å². The molecule has 2 aromatic carbocycles. The summed E-state index contributed by atoms with van der Waals surface area (Å²) in [4.78, 5) is 16.4. The Kier molecular flexibility index (Phi) is 6.82. The van der Waals surface area contributed by atoms with Crippen molar-refractivity contribution in [1.29, 1.82) is 0 Å². The molecule has 1 aromatic heterocycles. The van der Waals surface area contributed by atoms with Gasteiger partial charge in [0.2, 0.25) is 15.9 Å². The van der Waals surface area contributed by atoms with Gasteiger partial charge in [-0.15, -0.1) is 11.3 Å². The molecule has 170 valence electrons. The zero-order valence-electron chi connectivity index (χ0n) is 17.3. The van der Waals surface area contributed by atoms with Crippen LogP contribution in [0.2, 0.25) is 0 Å². The molecule has 1 fully saturated rings. The van der Waals surface area contributed by atoms with Crippen LogP contribution in [-0.4, -0.2) is 43.2 Å². The van der Waals surface area contributed by atoms with Crippen LogP contribution in [-0.2, 0) is 21.2 Å². The number of nitrogens with one attached hydrogen (secondary N) is 1. The summed E-state index contributed by atoms with van der Waals surface area (Å²) in [7, 11) is -4.15. The SMILES string of the molecule is O=C(NCCCc1nc2ccccc2s1)C1CCN(S(=O)(=O)c2cc(F)ccc2F)CC1. The van der Waals surface area contributed by atoms with E-state index in [4.69, 9.17) is 0 Å². The van der Waals surface area contributed by atoms with Crippen LogP contribution in [0.15, 0.2) is 47.4 Å². The second-order valence-corrected chi connectivity index (χ2v) is 10.7. The van der Waals surface area contributed by atoms with E-state index in [-0.39, 0.29) is 24.9 Å². The Bertz CT molecular complexity index is 1190. The van der Waals surface area contributed by atoms with Crippen molar-refractivity contribution in [2.45, 2.75) is 30.6 Å². The van der Waals surface area contributed by atoms with Gasteiger partial charge in [0.25, 0.3) is 0 Å². The highest BCUT2D eigenvalue weighted by molar-refractivity contribution is 7.89. The van der Waals surface area contributed by atoms with Gasteiger partial charge >= 0.3 is 0 Å². The fourth-order valence-corrected chi connectivity index (χ4v) is 6.35. The van der Waals surface area contributed by atoms with Crippen molar-refractivity contribution in [3.63, 3.8) is 0 Å². The number of benzene rings is 2. The molecule has 0 unspecified atom stereocenters. The van der Waals surface area contributed by atoms with E-state index in [0.717, 1.165) is 44.5 Å². The number of carbonyl (C=O) groups excluding carboxylic acids is 1. The Morgan fingerprint density at radius 3 is 2.66 bits per heavy atom. The minimum absolute atomic E-state index is 0.0854. The Balaban J connectivity index is 1.25. The lowest BCUT2D eigenvalue weighted by atomic mass is 9.97. The topological polar surface area (TPSA) is 79.4 Å². The molecule has 2 heterocycles. The Hall–Kier alpha value is -2.43. The first-order valence-electron chi connectivity index (χ1n) is 10.4. The van der Waals surface area contributed by atoms with E-state index in [1.165, 1.54) is 0 Å². The first-order chi connectivity index (χ1) is 15.3. The van der Waals surface area contributed by atoms with Gasteiger partial charge in [-0.3, -0.25) is 4.79 Å². The lowest BCUT2D eigenvalue weighted by Gasteiger charge is -2.30. The summed E-state index contributed by atoms with van der Waals surface area (Å²) in [6.45, 7) is 0.686. The largest absolute Gasteiger partial charge is 0.356 e. The summed E-state index contributed by atoms with van der Waals surface area (Å²) in [6, 6.07) is 10.3. The number of thiazole rings is 1. The van der Waals surface area contributed by atoms with E-state index in [2.05, 4.69) is 10.3 Å². The Morgan fingerprint density at radius 1 is 1.16 bits per heavy atom. The second-order valence-electron chi connectivity index (χ2n) is 7.72. The van der Waals surface area contributed by atoms with Crippen molar-refractivity contribution in [3.05, 3.63) is 59.1 Å². The van der Waals surface area contributed by atoms with Crippen LogP contribution in [0.1, 0.15) is 24.3 Å². The van der Waals surface area contributed by atoms with E-state index in [1.807, 2.05) is 24.3 Å². The number of carbonyl (C=O) groups is 1. The van der Waals surface area contributed by atoms with Gasteiger partial charge < -0.3 is 5.32 Å². The molecule has 1 saturated heterocycles. The number of para-hydroxylation sites is 1. The van der Waals surface area contributed by atoms with Crippen molar-refractivity contribution in [1.82, 2.24) is 14.6 Å². The molecule has 0 aliphatic carbocycles. The number of sulfonamides is 1. The maximum absolute atomic E-state index is 13.9. The summed E-state index contributed by atoms with van der Waals surface area (Å²) >= 11 is 1.65. The molecule has 1 N–H and O–H groups in total. The van der Waals surface area contributed by atoms with Gasteiger partial charge in [0.15, 0.2) is 0 Å². The van der Waals surface area contributed by atoms with Gasteiger partial charge in [-0.25, -0.2) is 22.2 Å². The van der Waals surface area contributed by atoms with Crippen LogP contribution in [0.5, 0.6) is 0 Å². The molecule has 3 aromatic rings. The maximum atomic E-state index is 13.9. The first kappa shape index (κ1) is 22.8. The highest BCUT2D eigenvalue weighted by Crippen LogP contribution is 2.26. The zero-order valence-corrected chi connectivity index (χ0v) is 18.9. The van der Waals surface area contributed by atoms with E-state index in [0.29, 0.717) is 25.5 Å². The first-order valence-corrected chi connectivity index (χ1v) is 12.7. The number of rotatable bonds is 7. The lowest BCUT2D eigenvalue weighted by Crippen LogP contribution is -2.43. The standard InChI is InChI=1S/C22H23F2N3O3S2/c23-16-7-8-17(24)20(14-16)32(29,30)27-12-9-15(10-13-27)22(28)25-11-3-6-21-26-18-4-1-2-5-19(18)31-21/h1-2,4-5,7-8,14-15H,3,6,9-13H2,(H,25,28). The van der Waals surface area contributed by atoms with Crippen molar-refractivity contribution in [2.75, 3.05) is 19.6 Å². The molecule has 0 spiro atoms. The highest BCUT2D eigenvalue weighted by atomic mass is 32.2. The fraction of sp³-hybridized carbons (Fsp3) is 0.364. The predicted molar refractivity (Wildman–Crippen MR) is 119 cm³/mol. The number of halogens is 2. The van der Waals surface area contributed by atoms with Crippen molar-refractivity contribution < 1.29 is 22.0 Å². The number of fused-ring (bicyclic) bond motifs is 1. The maximum Gasteiger partial charge on any atom is 0.246 e. The molecule has 32 heavy (non-hydrogen) atoms. The van der Waals surface area contributed by atoms with Crippen LogP contribution >= 0.6 is 11.3 Å². The Morgan fingerprint density at radius 2 is 1.91 bits per heavy atom. The van der Waals surface area contributed by atoms with Crippen LogP contribution < -0.4 is 5.32 Å². The smallest absolute Gasteiger partial charge is 0.246 e. The monoisotopic (exact) mass is 479 g/mol. The molecule has 0 radical (unpaired) electrons. The van der Waals surface area contributed by atoms with Crippen molar-refractivity contribution in [3.8, 4) is 0 Å². The summed E-state index contributed by atoms with van der Waals surface area (Å²) in [5.74, 6) is -2.21. The molecule has 1 aliphatic rings. The van der Waals surface area contributed by atoms with Gasteiger partial charge in [0.05, 0.1) is 15.2 Å². The van der Waals surface area contributed by atoms with Gasteiger partial charge in [-0.1, -0.05) is 12.1 Å². The van der Waals surface area contributed by atoms with Crippen LogP contribution in [0.25, 0.3) is 10.2 Å². The summed E-state index contributed by atoms with van der Waals surface area (Å²) in [6.07, 6.45) is 2.20. The van der Waals surface area contributed by atoms with Gasteiger partial charge in [0.1, 0.15) is 16.5 Å². The molecular weight excluding hydrogens is 456 g/mol. The average Bonchev–Trinajstić information content (AvgIpc) is 3.21. The quantitative estimate of drug-likeness (QED) is 0.524. The number of nitrogens with zero attached hydrogens (tertiary/aromatic N) is 2. The molecule has 0 saturated carbocycles. The van der Waals surface area contributed by atoms with E-state index >= 15 is 0 Å². The summed E-state index contributed by atoms with van der Waals surface area (Å²) < 4.78 is 54.9. The Labute approximate surface area is 189 Å². The van der Waals surface area contributed by atoms with Gasteiger partial charge in [-0.2, -0.15) is 4.31 Å². The van der Waals surface area contributed by atoms with Crippen molar-refractivity contribution >= 4 is 37.5 Å².